The van der Waals surface area contributed by atoms with Crippen LogP contribution in [0.25, 0.3) is 0 Å². The normalized spacial score (nSPS) is 13.2. The maximum atomic E-state index is 13.0. The second-order valence-corrected chi connectivity index (χ2v) is 7.08. The van der Waals surface area contributed by atoms with Crippen molar-refractivity contribution in [2.45, 2.75) is 26.2 Å². The van der Waals surface area contributed by atoms with Gasteiger partial charge in [0.15, 0.2) is 0 Å². The second-order valence-electron chi connectivity index (χ2n) is 7.08. The molecule has 0 unspecified atom stereocenters. The van der Waals surface area contributed by atoms with Crippen LogP contribution in [0, 0.1) is 5.82 Å². The van der Waals surface area contributed by atoms with E-state index in [-0.39, 0.29) is 24.9 Å². The molecule has 2 amide bonds. The Balaban J connectivity index is 1.51. The van der Waals surface area contributed by atoms with Gasteiger partial charge in [0.2, 0.25) is 5.91 Å². The quantitative estimate of drug-likeness (QED) is 0.546. The molecule has 0 fully saturated rings. The fourth-order valence-corrected chi connectivity index (χ4v) is 3.35. The number of hydroxylamine groups is 2. The molecule has 6 nitrogen and oxygen atoms in total. The topological polar surface area (TPSA) is 70.1 Å². The Morgan fingerprint density at radius 2 is 2.00 bits per heavy atom. The van der Waals surface area contributed by atoms with Crippen LogP contribution in [0.2, 0.25) is 0 Å². The Kier molecular flexibility index (Phi) is 6.82. The zero-order chi connectivity index (χ0) is 20.8. The molecule has 2 aromatic rings. The molecule has 1 N–H and O–H groups in total. The van der Waals surface area contributed by atoms with Crippen molar-refractivity contribution in [3.8, 4) is 5.75 Å². The van der Waals surface area contributed by atoms with Crippen LogP contribution in [0.5, 0.6) is 5.75 Å². The summed E-state index contributed by atoms with van der Waals surface area (Å²) in [7, 11) is 0. The summed E-state index contributed by atoms with van der Waals surface area (Å²) in [4.78, 5) is 25.6. The smallest absolute Gasteiger partial charge is 0.254 e. The summed E-state index contributed by atoms with van der Waals surface area (Å²) in [5, 5.41) is 9.96. The van der Waals surface area contributed by atoms with Crippen molar-refractivity contribution in [2.75, 3.05) is 26.2 Å². The highest BCUT2D eigenvalue weighted by Gasteiger charge is 2.24. The highest BCUT2D eigenvalue weighted by molar-refractivity contribution is 5.96. The molecule has 2 aromatic carbocycles. The Labute approximate surface area is 169 Å². The molecule has 0 aliphatic carbocycles. The minimum absolute atomic E-state index is 0.00928. The second kappa shape index (κ2) is 9.52. The van der Waals surface area contributed by atoms with Crippen LogP contribution in [0.3, 0.4) is 0 Å². The first-order chi connectivity index (χ1) is 13.9. The summed E-state index contributed by atoms with van der Waals surface area (Å²) in [6.45, 7) is 2.82. The summed E-state index contributed by atoms with van der Waals surface area (Å²) in [6, 6.07) is 11.8. The molecule has 0 bridgehead atoms. The number of benzene rings is 2. The number of nitrogens with zero attached hydrogens (tertiary/aromatic N) is 2. The van der Waals surface area contributed by atoms with E-state index in [0.717, 1.165) is 30.4 Å². The first kappa shape index (κ1) is 20.8. The van der Waals surface area contributed by atoms with Gasteiger partial charge in [-0.05, 0) is 60.7 Å². The molecular weight excluding hydrogens is 375 g/mol. The van der Waals surface area contributed by atoms with Crippen molar-refractivity contribution in [2.24, 2.45) is 0 Å². The lowest BCUT2D eigenvalue weighted by atomic mass is 9.98. The highest BCUT2D eigenvalue weighted by Crippen LogP contribution is 2.24. The summed E-state index contributed by atoms with van der Waals surface area (Å²) < 4.78 is 18.5. The first-order valence-electron chi connectivity index (χ1n) is 9.70. The molecule has 3 rings (SSSR count). The maximum absolute atomic E-state index is 13.0. The number of aryl methyl sites for hydroxylation is 1. The lowest BCUT2D eigenvalue weighted by molar-refractivity contribution is -0.163. The van der Waals surface area contributed by atoms with Crippen molar-refractivity contribution in [1.29, 1.82) is 0 Å². The van der Waals surface area contributed by atoms with Gasteiger partial charge in [0.1, 0.15) is 18.2 Å². The molecule has 0 spiro atoms. The third-order valence-electron chi connectivity index (χ3n) is 4.99. The molecule has 154 valence electrons. The molecule has 0 aromatic heterocycles. The van der Waals surface area contributed by atoms with Crippen LogP contribution in [0.4, 0.5) is 4.39 Å². The monoisotopic (exact) mass is 400 g/mol. The molecule has 0 saturated carbocycles. The molecule has 1 aliphatic heterocycles. The van der Waals surface area contributed by atoms with Gasteiger partial charge in [0.05, 0.1) is 6.54 Å². The summed E-state index contributed by atoms with van der Waals surface area (Å²) >= 11 is 0. The molecule has 7 heteroatoms. The van der Waals surface area contributed by atoms with E-state index < -0.39 is 5.91 Å². The number of halogens is 1. The van der Waals surface area contributed by atoms with Crippen molar-refractivity contribution in [3.05, 3.63) is 65.0 Å². The van der Waals surface area contributed by atoms with Gasteiger partial charge in [-0.3, -0.25) is 14.8 Å². The van der Waals surface area contributed by atoms with E-state index in [9.17, 15) is 19.2 Å². The summed E-state index contributed by atoms with van der Waals surface area (Å²) in [6.07, 6.45) is 2.36. The van der Waals surface area contributed by atoms with Crippen LogP contribution in [-0.4, -0.2) is 53.2 Å². The van der Waals surface area contributed by atoms with E-state index in [1.807, 2.05) is 11.0 Å². The molecule has 1 aliphatic rings. The Hall–Kier alpha value is -2.93. The van der Waals surface area contributed by atoms with Crippen LogP contribution in [0.15, 0.2) is 42.5 Å². The summed E-state index contributed by atoms with van der Waals surface area (Å²) in [5.41, 5.74) is 2.68. The zero-order valence-corrected chi connectivity index (χ0v) is 16.4. The predicted molar refractivity (Wildman–Crippen MR) is 105 cm³/mol. The van der Waals surface area contributed by atoms with Crippen molar-refractivity contribution in [3.63, 3.8) is 0 Å². The van der Waals surface area contributed by atoms with Gasteiger partial charge in [-0.25, -0.2) is 9.45 Å². The molecule has 1 heterocycles. The minimum atomic E-state index is -0.441. The Morgan fingerprint density at radius 1 is 1.24 bits per heavy atom. The number of fused-ring (bicyclic) bond motifs is 1. The minimum Gasteiger partial charge on any atom is -0.492 e. The van der Waals surface area contributed by atoms with E-state index in [2.05, 4.69) is 0 Å². The molecule has 0 radical (unpaired) electrons. The molecule has 0 saturated heterocycles. The standard InChI is InChI=1S/C22H25FN2O4/c1-16(26)25(28)13-14-29-20-8-9-21-18(15-20)10-12-24(22(21)27)11-2-3-17-4-6-19(23)7-5-17/h4-9,15,28H,2-3,10-14H2,1H3. The number of amides is 2. The number of ether oxygens (including phenoxy) is 1. The average molecular weight is 400 g/mol. The number of carbonyl (C=O) groups is 2. The van der Waals surface area contributed by atoms with E-state index in [4.69, 9.17) is 4.74 Å². The Bertz CT molecular complexity index is 870. The fourth-order valence-electron chi connectivity index (χ4n) is 3.35. The van der Waals surface area contributed by atoms with Gasteiger partial charge in [0.25, 0.3) is 5.91 Å². The SMILES string of the molecule is CC(=O)N(O)CCOc1ccc2c(c1)CCN(CCCc1ccc(F)cc1)C2=O. The zero-order valence-electron chi connectivity index (χ0n) is 16.4. The van der Waals surface area contributed by atoms with Crippen LogP contribution >= 0.6 is 0 Å². The van der Waals surface area contributed by atoms with Gasteiger partial charge in [-0.1, -0.05) is 12.1 Å². The third kappa shape index (κ3) is 5.54. The van der Waals surface area contributed by atoms with E-state index in [1.54, 1.807) is 24.3 Å². The van der Waals surface area contributed by atoms with Crippen molar-refractivity contribution >= 4 is 11.8 Å². The van der Waals surface area contributed by atoms with Gasteiger partial charge >= 0.3 is 0 Å². The summed E-state index contributed by atoms with van der Waals surface area (Å²) in [5.74, 6) is -0.0649. The lowest BCUT2D eigenvalue weighted by Crippen LogP contribution is -2.38. The molecule has 29 heavy (non-hydrogen) atoms. The van der Waals surface area contributed by atoms with Crippen LogP contribution in [-0.2, 0) is 17.6 Å². The van der Waals surface area contributed by atoms with Gasteiger partial charge in [-0.15, -0.1) is 0 Å². The molecular formula is C22H25FN2O4. The number of hydrogen-bond donors (Lipinski definition) is 1. The number of carbonyl (C=O) groups excluding carboxylic acids is 2. The van der Waals surface area contributed by atoms with E-state index in [1.165, 1.54) is 19.1 Å². The maximum Gasteiger partial charge on any atom is 0.254 e. The first-order valence-corrected chi connectivity index (χ1v) is 9.70. The molecule has 0 atom stereocenters. The fraction of sp³-hybridized carbons (Fsp3) is 0.364. The lowest BCUT2D eigenvalue weighted by Gasteiger charge is -2.29. The average Bonchev–Trinajstić information content (AvgIpc) is 2.71. The largest absolute Gasteiger partial charge is 0.492 e. The number of hydrogen-bond acceptors (Lipinski definition) is 4. The van der Waals surface area contributed by atoms with Gasteiger partial charge in [0, 0.05) is 25.6 Å². The van der Waals surface area contributed by atoms with Crippen molar-refractivity contribution < 1.29 is 23.9 Å². The van der Waals surface area contributed by atoms with Crippen LogP contribution < -0.4 is 4.74 Å². The predicted octanol–water partition coefficient (Wildman–Crippen LogP) is 3.07. The van der Waals surface area contributed by atoms with E-state index in [0.29, 0.717) is 29.5 Å². The van der Waals surface area contributed by atoms with Crippen LogP contribution in [0.1, 0.15) is 34.8 Å². The Morgan fingerprint density at radius 3 is 2.72 bits per heavy atom. The highest BCUT2D eigenvalue weighted by atomic mass is 19.1. The van der Waals surface area contributed by atoms with Gasteiger partial charge < -0.3 is 9.64 Å². The van der Waals surface area contributed by atoms with Crippen molar-refractivity contribution in [1.82, 2.24) is 9.96 Å². The number of rotatable bonds is 8. The third-order valence-corrected chi connectivity index (χ3v) is 4.99. The van der Waals surface area contributed by atoms with E-state index >= 15 is 0 Å². The van der Waals surface area contributed by atoms with Gasteiger partial charge in [-0.2, -0.15) is 0 Å².